The van der Waals surface area contributed by atoms with E-state index in [4.69, 9.17) is 4.74 Å². The van der Waals surface area contributed by atoms with Gasteiger partial charge in [-0.3, -0.25) is 5.10 Å². The summed E-state index contributed by atoms with van der Waals surface area (Å²) in [5.41, 5.74) is -0.348. The van der Waals surface area contributed by atoms with Gasteiger partial charge in [0.1, 0.15) is 5.75 Å². The third kappa shape index (κ3) is 2.40. The second-order valence-electron chi connectivity index (χ2n) is 3.94. The zero-order valence-electron chi connectivity index (χ0n) is 9.85. The molecule has 0 atom stereocenters. The molecular weight excluding hydrogens is 273 g/mol. The Labute approximate surface area is 110 Å². The predicted molar refractivity (Wildman–Crippen MR) is 63.2 cm³/mol. The summed E-state index contributed by atoms with van der Waals surface area (Å²) in [6, 6.07) is 5.35. The van der Waals surface area contributed by atoms with E-state index in [0.29, 0.717) is 11.3 Å². The molecule has 3 aromatic rings. The zero-order valence-corrected chi connectivity index (χ0v) is 9.85. The quantitative estimate of drug-likeness (QED) is 0.783. The van der Waals surface area contributed by atoms with E-state index in [2.05, 4.69) is 20.2 Å². The lowest BCUT2D eigenvalue weighted by Gasteiger charge is -2.07. The second-order valence-corrected chi connectivity index (χ2v) is 3.94. The van der Waals surface area contributed by atoms with E-state index in [-0.39, 0.29) is 6.01 Å². The summed E-state index contributed by atoms with van der Waals surface area (Å²) >= 11 is 0. The Bertz CT molecular complexity index is 754. The Morgan fingerprint density at radius 2 is 2.00 bits per heavy atom. The third-order valence-corrected chi connectivity index (χ3v) is 2.55. The summed E-state index contributed by atoms with van der Waals surface area (Å²) in [5.74, 6) is 0.320. The molecule has 0 aliphatic carbocycles. The highest BCUT2D eigenvalue weighted by molar-refractivity contribution is 5.79. The van der Waals surface area contributed by atoms with E-state index < -0.39 is 11.9 Å². The van der Waals surface area contributed by atoms with Crippen LogP contribution in [0.2, 0.25) is 0 Å². The normalized spacial score (nSPS) is 11.8. The van der Waals surface area contributed by atoms with Gasteiger partial charge in [0.2, 0.25) is 0 Å². The monoisotopic (exact) mass is 280 g/mol. The van der Waals surface area contributed by atoms with Crippen LogP contribution in [0.25, 0.3) is 10.9 Å². The smallest absolute Gasteiger partial charge is 0.424 e. The molecule has 0 aliphatic heterocycles. The van der Waals surface area contributed by atoms with E-state index in [0.717, 1.165) is 17.6 Å². The van der Waals surface area contributed by atoms with Crippen LogP contribution in [0.15, 0.2) is 36.7 Å². The molecule has 0 bridgehead atoms. The molecule has 1 aromatic carbocycles. The summed E-state index contributed by atoms with van der Waals surface area (Å²) in [6.07, 6.45) is -1.91. The minimum atomic E-state index is -4.53. The Balaban J connectivity index is 1.90. The molecule has 8 heteroatoms. The summed E-state index contributed by atoms with van der Waals surface area (Å²) in [7, 11) is 0. The largest absolute Gasteiger partial charge is 0.433 e. The first-order valence-corrected chi connectivity index (χ1v) is 5.53. The van der Waals surface area contributed by atoms with Gasteiger partial charge in [0, 0.05) is 17.6 Å². The fourth-order valence-electron chi connectivity index (χ4n) is 1.63. The van der Waals surface area contributed by atoms with Crippen LogP contribution in [0.1, 0.15) is 5.69 Å². The van der Waals surface area contributed by atoms with E-state index in [1.54, 1.807) is 24.4 Å². The number of nitrogens with one attached hydrogen (secondary N) is 1. The minimum Gasteiger partial charge on any atom is -0.424 e. The number of aromatic amines is 1. The molecule has 20 heavy (non-hydrogen) atoms. The average Bonchev–Trinajstić information content (AvgIpc) is 2.85. The standard InChI is InChI=1S/C12H7F3N4O/c13-12(14,15)10-3-4-16-11(18-10)20-8-2-1-7-6-17-19-9(7)5-8/h1-6H,(H,17,19). The van der Waals surface area contributed by atoms with Gasteiger partial charge in [-0.15, -0.1) is 0 Å². The van der Waals surface area contributed by atoms with E-state index >= 15 is 0 Å². The Hall–Kier alpha value is -2.64. The summed E-state index contributed by atoms with van der Waals surface area (Å²) in [5, 5.41) is 7.43. The van der Waals surface area contributed by atoms with Crippen molar-refractivity contribution in [2.75, 3.05) is 0 Å². The zero-order chi connectivity index (χ0) is 14.2. The number of hydrogen-bond acceptors (Lipinski definition) is 4. The van der Waals surface area contributed by atoms with Crippen LogP contribution in [0.3, 0.4) is 0 Å². The molecule has 0 unspecified atom stereocenters. The first-order chi connectivity index (χ1) is 9.52. The van der Waals surface area contributed by atoms with E-state index in [1.165, 1.54) is 0 Å². The molecular formula is C12H7F3N4O. The Morgan fingerprint density at radius 3 is 2.80 bits per heavy atom. The first kappa shape index (κ1) is 12.4. The number of H-pyrrole nitrogens is 1. The maximum Gasteiger partial charge on any atom is 0.433 e. The highest BCUT2D eigenvalue weighted by Crippen LogP contribution is 2.29. The first-order valence-electron chi connectivity index (χ1n) is 5.53. The van der Waals surface area contributed by atoms with Crippen LogP contribution in [-0.4, -0.2) is 20.2 Å². The maximum atomic E-state index is 12.5. The van der Waals surface area contributed by atoms with Crippen LogP contribution >= 0.6 is 0 Å². The number of halogens is 3. The minimum absolute atomic E-state index is 0.320. The number of fused-ring (bicyclic) bond motifs is 1. The van der Waals surface area contributed by atoms with Crippen molar-refractivity contribution in [3.63, 3.8) is 0 Å². The van der Waals surface area contributed by atoms with Crippen molar-refractivity contribution in [3.05, 3.63) is 42.4 Å². The van der Waals surface area contributed by atoms with Gasteiger partial charge in [-0.1, -0.05) is 0 Å². The molecule has 0 amide bonds. The molecule has 0 radical (unpaired) electrons. The number of nitrogens with zero attached hydrogens (tertiary/aromatic N) is 3. The number of rotatable bonds is 2. The average molecular weight is 280 g/mol. The van der Waals surface area contributed by atoms with Gasteiger partial charge in [-0.2, -0.15) is 23.3 Å². The van der Waals surface area contributed by atoms with Crippen molar-refractivity contribution >= 4 is 10.9 Å². The van der Waals surface area contributed by atoms with Crippen molar-refractivity contribution in [3.8, 4) is 11.8 Å². The van der Waals surface area contributed by atoms with Crippen molar-refractivity contribution in [1.29, 1.82) is 0 Å². The number of ether oxygens (including phenoxy) is 1. The van der Waals surface area contributed by atoms with Gasteiger partial charge >= 0.3 is 12.2 Å². The Kier molecular flexibility index (Phi) is 2.78. The van der Waals surface area contributed by atoms with Crippen LogP contribution in [0, 0.1) is 0 Å². The van der Waals surface area contributed by atoms with Crippen LogP contribution in [0.4, 0.5) is 13.2 Å². The number of hydrogen-bond donors (Lipinski definition) is 1. The molecule has 0 saturated carbocycles. The van der Waals surface area contributed by atoms with Crippen molar-refractivity contribution in [1.82, 2.24) is 20.2 Å². The molecule has 2 heterocycles. The number of aromatic nitrogens is 4. The van der Waals surface area contributed by atoms with Crippen molar-refractivity contribution in [2.45, 2.75) is 6.18 Å². The molecule has 0 fully saturated rings. The highest BCUT2D eigenvalue weighted by Gasteiger charge is 2.33. The summed E-state index contributed by atoms with van der Waals surface area (Å²) in [6.45, 7) is 0. The lowest BCUT2D eigenvalue weighted by molar-refractivity contribution is -0.141. The Morgan fingerprint density at radius 1 is 1.15 bits per heavy atom. The molecule has 5 nitrogen and oxygen atoms in total. The molecule has 102 valence electrons. The fourth-order valence-corrected chi connectivity index (χ4v) is 1.63. The van der Waals surface area contributed by atoms with Crippen LogP contribution in [-0.2, 0) is 6.18 Å². The van der Waals surface area contributed by atoms with Gasteiger partial charge < -0.3 is 4.74 Å². The van der Waals surface area contributed by atoms with Gasteiger partial charge in [0.25, 0.3) is 0 Å². The highest BCUT2D eigenvalue weighted by atomic mass is 19.4. The van der Waals surface area contributed by atoms with Gasteiger partial charge in [-0.05, 0) is 18.2 Å². The molecule has 3 rings (SSSR count). The van der Waals surface area contributed by atoms with Crippen molar-refractivity contribution < 1.29 is 17.9 Å². The van der Waals surface area contributed by atoms with Crippen molar-refractivity contribution in [2.24, 2.45) is 0 Å². The maximum absolute atomic E-state index is 12.5. The van der Waals surface area contributed by atoms with Gasteiger partial charge in [-0.25, -0.2) is 4.98 Å². The molecule has 0 saturated heterocycles. The van der Waals surface area contributed by atoms with Crippen LogP contribution < -0.4 is 4.74 Å². The predicted octanol–water partition coefficient (Wildman–Crippen LogP) is 3.16. The second kappa shape index (κ2) is 4.48. The van der Waals surface area contributed by atoms with Crippen LogP contribution in [0.5, 0.6) is 11.8 Å². The summed E-state index contributed by atoms with van der Waals surface area (Å²) in [4.78, 5) is 6.98. The molecule has 1 N–H and O–H groups in total. The topological polar surface area (TPSA) is 63.7 Å². The van der Waals surface area contributed by atoms with Gasteiger partial charge in [0.15, 0.2) is 5.69 Å². The fraction of sp³-hybridized carbons (Fsp3) is 0.0833. The third-order valence-electron chi connectivity index (χ3n) is 2.55. The molecule has 0 aliphatic rings. The number of alkyl halides is 3. The molecule has 0 spiro atoms. The van der Waals surface area contributed by atoms with E-state index in [1.807, 2.05) is 0 Å². The van der Waals surface area contributed by atoms with Gasteiger partial charge in [0.05, 0.1) is 11.7 Å². The lowest BCUT2D eigenvalue weighted by Crippen LogP contribution is -2.08. The molecule has 2 aromatic heterocycles. The SMILES string of the molecule is FC(F)(F)c1ccnc(Oc2ccc3cn[nH]c3c2)n1. The number of benzene rings is 1. The van der Waals surface area contributed by atoms with E-state index in [9.17, 15) is 13.2 Å². The lowest BCUT2D eigenvalue weighted by atomic mass is 10.2. The summed E-state index contributed by atoms with van der Waals surface area (Å²) < 4.78 is 42.8.